The van der Waals surface area contributed by atoms with Crippen LogP contribution in [0.15, 0.2) is 36.7 Å². The summed E-state index contributed by atoms with van der Waals surface area (Å²) in [6.07, 6.45) is 10.4. The van der Waals surface area contributed by atoms with Crippen molar-refractivity contribution in [3.05, 3.63) is 47.8 Å². The predicted molar refractivity (Wildman–Crippen MR) is 161 cm³/mol. The second-order valence-corrected chi connectivity index (χ2v) is 13.7. The highest BCUT2D eigenvalue weighted by Crippen LogP contribution is 2.33. The van der Waals surface area contributed by atoms with E-state index in [0.29, 0.717) is 18.2 Å². The molecule has 0 saturated carbocycles. The molecule has 2 aromatic heterocycles. The molecule has 10 nitrogen and oxygen atoms in total. The zero-order valence-corrected chi connectivity index (χ0v) is 25.4. The van der Waals surface area contributed by atoms with E-state index in [0.717, 1.165) is 66.1 Å². The largest absolute Gasteiger partial charge is 0.469 e. The van der Waals surface area contributed by atoms with Crippen molar-refractivity contribution < 1.29 is 22.7 Å². The number of aromatic nitrogens is 3. The fourth-order valence-electron chi connectivity index (χ4n) is 5.25. The van der Waals surface area contributed by atoms with Gasteiger partial charge in [-0.3, -0.25) is 4.79 Å². The van der Waals surface area contributed by atoms with E-state index >= 15 is 0 Å². The number of anilines is 1. The van der Waals surface area contributed by atoms with E-state index in [2.05, 4.69) is 32.6 Å². The fraction of sp³-hybridized carbons (Fsp3) is 0.517. The zero-order valence-electron chi connectivity index (χ0n) is 23.8. The van der Waals surface area contributed by atoms with Crippen molar-refractivity contribution in [3.63, 3.8) is 0 Å². The van der Waals surface area contributed by atoms with E-state index in [-0.39, 0.29) is 18.4 Å². The van der Waals surface area contributed by atoms with Crippen molar-refractivity contribution >= 4 is 49.1 Å². The molecule has 0 aliphatic carbocycles. The number of piperidine rings is 1. The van der Waals surface area contributed by atoms with Crippen LogP contribution in [-0.2, 0) is 26.0 Å². The summed E-state index contributed by atoms with van der Waals surface area (Å²) in [6.45, 7) is 6.07. The summed E-state index contributed by atoms with van der Waals surface area (Å²) < 4.78 is 39.0. The van der Waals surface area contributed by atoms with Crippen LogP contribution in [-0.4, -0.2) is 78.8 Å². The van der Waals surface area contributed by atoms with Crippen LogP contribution in [0.5, 0.6) is 5.19 Å². The van der Waals surface area contributed by atoms with Gasteiger partial charge in [0, 0.05) is 51.4 Å². The Kier molecular flexibility index (Phi) is 9.20. The Morgan fingerprint density at radius 2 is 1.93 bits per heavy atom. The molecule has 220 valence electrons. The molecule has 1 aromatic carbocycles. The number of benzene rings is 1. The van der Waals surface area contributed by atoms with Crippen molar-refractivity contribution in [3.8, 4) is 5.19 Å². The summed E-state index contributed by atoms with van der Waals surface area (Å²) in [5.74, 6) is -0.692. The first-order chi connectivity index (χ1) is 19.8. The molecule has 1 atom stereocenters. The van der Waals surface area contributed by atoms with Gasteiger partial charge in [0.05, 0.1) is 29.0 Å². The second-order valence-electron chi connectivity index (χ2n) is 10.6. The Labute approximate surface area is 245 Å². The minimum atomic E-state index is -3.56. The predicted octanol–water partition coefficient (Wildman–Crippen LogP) is 4.31. The molecule has 3 aromatic rings. The maximum atomic E-state index is 12.8. The topological polar surface area (TPSA) is 115 Å². The van der Waals surface area contributed by atoms with Crippen LogP contribution in [0, 0.1) is 5.92 Å². The normalized spacial score (nSPS) is 17.8. The van der Waals surface area contributed by atoms with Gasteiger partial charge < -0.3 is 14.4 Å². The quantitative estimate of drug-likeness (QED) is 0.314. The highest BCUT2D eigenvalue weighted by molar-refractivity contribution is 7.89. The van der Waals surface area contributed by atoms with Crippen LogP contribution in [0.25, 0.3) is 15.8 Å². The minimum Gasteiger partial charge on any atom is -0.469 e. The molecule has 41 heavy (non-hydrogen) atoms. The van der Waals surface area contributed by atoms with Gasteiger partial charge >= 0.3 is 5.97 Å². The molecule has 12 heteroatoms. The third kappa shape index (κ3) is 7.04. The van der Waals surface area contributed by atoms with Crippen LogP contribution < -0.4 is 9.64 Å². The van der Waals surface area contributed by atoms with Crippen molar-refractivity contribution in [2.24, 2.45) is 5.92 Å². The van der Waals surface area contributed by atoms with Gasteiger partial charge in [0.15, 0.2) is 0 Å². The molecule has 0 bridgehead atoms. The second kappa shape index (κ2) is 12.8. The average molecular weight is 600 g/mol. The number of ether oxygens (including phenoxy) is 2. The van der Waals surface area contributed by atoms with Crippen molar-refractivity contribution in [1.82, 2.24) is 19.3 Å². The molecule has 1 unspecified atom stereocenters. The number of hydrogen-bond donors (Lipinski definition) is 0. The van der Waals surface area contributed by atoms with Gasteiger partial charge in [-0.25, -0.2) is 23.4 Å². The molecule has 2 aliphatic heterocycles. The van der Waals surface area contributed by atoms with Crippen LogP contribution in [0.2, 0.25) is 0 Å². The summed E-state index contributed by atoms with van der Waals surface area (Å²) >= 11 is 1.54. The number of carbonyl (C=O) groups excluding carboxylic acids is 1. The van der Waals surface area contributed by atoms with E-state index in [1.807, 2.05) is 30.6 Å². The van der Waals surface area contributed by atoms with Gasteiger partial charge in [-0.05, 0) is 41.7 Å². The Hall–Kier alpha value is -3.09. The first-order valence-corrected chi connectivity index (χ1v) is 16.6. The molecule has 0 radical (unpaired) electrons. The molecule has 1 fully saturated rings. The zero-order chi connectivity index (χ0) is 29.0. The molecule has 0 amide bonds. The van der Waals surface area contributed by atoms with E-state index in [9.17, 15) is 13.2 Å². The van der Waals surface area contributed by atoms with E-state index in [4.69, 9.17) is 9.72 Å². The summed E-state index contributed by atoms with van der Waals surface area (Å²) in [7, 11) is -2.29. The first kappa shape index (κ1) is 29.4. The van der Waals surface area contributed by atoms with Gasteiger partial charge in [-0.2, -0.15) is 4.31 Å². The SMILES string of the molecule is CCCc1cnc(N2CCC(Oc3nc4ccc(C5=CCN(S(=O)(=O)CC(C)C(=O)OC)CC5)cc4s3)CC2)nc1. The third-order valence-electron chi connectivity index (χ3n) is 7.59. The number of aryl methyl sites for hydroxylation is 1. The monoisotopic (exact) mass is 599 g/mol. The summed E-state index contributed by atoms with van der Waals surface area (Å²) in [6, 6.07) is 6.14. The summed E-state index contributed by atoms with van der Waals surface area (Å²) in [4.78, 5) is 27.7. The van der Waals surface area contributed by atoms with Crippen LogP contribution in [0.3, 0.4) is 0 Å². The molecular weight excluding hydrogens is 562 g/mol. The number of methoxy groups -OCH3 is 1. The average Bonchev–Trinajstić information content (AvgIpc) is 3.39. The van der Waals surface area contributed by atoms with Crippen molar-refractivity contribution in [2.75, 3.05) is 43.9 Å². The number of rotatable bonds is 10. The lowest BCUT2D eigenvalue weighted by Crippen LogP contribution is -2.39. The molecule has 5 rings (SSSR count). The van der Waals surface area contributed by atoms with Gasteiger partial charge in [0.2, 0.25) is 16.0 Å². The Morgan fingerprint density at radius 3 is 2.59 bits per heavy atom. The Bertz CT molecular complexity index is 1500. The van der Waals surface area contributed by atoms with Gasteiger partial charge in [0.25, 0.3) is 5.19 Å². The Morgan fingerprint density at radius 1 is 1.17 bits per heavy atom. The molecular formula is C29H37N5O5S2. The lowest BCUT2D eigenvalue weighted by atomic mass is 10.0. The molecule has 4 heterocycles. The van der Waals surface area contributed by atoms with Crippen LogP contribution in [0.1, 0.15) is 50.7 Å². The van der Waals surface area contributed by atoms with Crippen molar-refractivity contribution in [1.29, 1.82) is 0 Å². The number of esters is 1. The number of thiazole rings is 1. The Balaban J connectivity index is 1.17. The van der Waals surface area contributed by atoms with Crippen LogP contribution in [0.4, 0.5) is 5.95 Å². The maximum Gasteiger partial charge on any atom is 0.309 e. The van der Waals surface area contributed by atoms with Crippen molar-refractivity contribution in [2.45, 2.75) is 52.1 Å². The number of carbonyl (C=O) groups is 1. The third-order valence-corrected chi connectivity index (χ3v) is 10.5. The first-order valence-electron chi connectivity index (χ1n) is 14.1. The molecule has 0 spiro atoms. The molecule has 0 N–H and O–H groups in total. The molecule has 1 saturated heterocycles. The number of hydrogen-bond acceptors (Lipinski definition) is 10. The smallest absolute Gasteiger partial charge is 0.309 e. The van der Waals surface area contributed by atoms with E-state index in [1.165, 1.54) is 28.3 Å². The maximum absolute atomic E-state index is 12.8. The standard InChI is InChI=1S/C29H37N5O5S2/c1-4-5-21-17-30-28(31-18-21)33-12-10-24(11-13-33)39-29-32-25-7-6-23(16-26(25)40-29)22-8-14-34(15-9-22)41(36,37)19-20(2)27(35)38-3/h6-8,16-18,20,24H,4-5,9-15,19H2,1-3H3. The highest BCUT2D eigenvalue weighted by atomic mass is 32.2. The van der Waals surface area contributed by atoms with Gasteiger partial charge in [-0.15, -0.1) is 0 Å². The highest BCUT2D eigenvalue weighted by Gasteiger charge is 2.29. The van der Waals surface area contributed by atoms with E-state index in [1.54, 1.807) is 6.92 Å². The van der Waals surface area contributed by atoms with Gasteiger partial charge in [0.1, 0.15) is 6.10 Å². The summed E-state index contributed by atoms with van der Waals surface area (Å²) in [5, 5.41) is 0.672. The minimum absolute atomic E-state index is 0.0986. The van der Waals surface area contributed by atoms with Crippen LogP contribution >= 0.6 is 11.3 Å². The number of sulfonamides is 1. The fourth-order valence-corrected chi connectivity index (χ4v) is 7.83. The van der Waals surface area contributed by atoms with E-state index < -0.39 is 21.9 Å². The molecule has 2 aliphatic rings. The summed E-state index contributed by atoms with van der Waals surface area (Å²) in [5.41, 5.74) is 4.23. The lowest BCUT2D eigenvalue weighted by Gasteiger charge is -2.31. The number of nitrogens with zero attached hydrogens (tertiary/aromatic N) is 5. The van der Waals surface area contributed by atoms with Gasteiger partial charge in [-0.1, -0.05) is 43.7 Å². The lowest BCUT2D eigenvalue weighted by molar-refractivity contribution is -0.144. The number of fused-ring (bicyclic) bond motifs is 1.